The highest BCUT2D eigenvalue weighted by molar-refractivity contribution is 7.99. The Morgan fingerprint density at radius 1 is 1.11 bits per heavy atom. The molecule has 0 saturated heterocycles. The molecule has 1 aromatic rings. The second-order valence-electron chi connectivity index (χ2n) is 4.57. The van der Waals surface area contributed by atoms with Crippen LogP contribution in [0.3, 0.4) is 0 Å². The molecule has 18 heavy (non-hydrogen) atoms. The smallest absolute Gasteiger partial charge is 0.0460 e. The van der Waals surface area contributed by atoms with Gasteiger partial charge in [0.2, 0.25) is 0 Å². The number of hydrogen-bond acceptors (Lipinski definition) is 3. The van der Waals surface area contributed by atoms with Crippen molar-refractivity contribution in [2.75, 3.05) is 5.75 Å². The first-order valence-electron chi connectivity index (χ1n) is 7.00. The highest BCUT2D eigenvalue weighted by Gasteiger charge is 2.08. The summed E-state index contributed by atoms with van der Waals surface area (Å²) < 4.78 is 0. The lowest BCUT2D eigenvalue weighted by molar-refractivity contribution is 0.482. The van der Waals surface area contributed by atoms with Crippen LogP contribution in [0.1, 0.15) is 57.6 Å². The maximum atomic E-state index is 5.66. The van der Waals surface area contributed by atoms with Crippen molar-refractivity contribution in [2.24, 2.45) is 5.84 Å². The third-order valence-electron chi connectivity index (χ3n) is 3.14. The molecule has 0 amide bonds. The van der Waals surface area contributed by atoms with Gasteiger partial charge >= 0.3 is 0 Å². The molecule has 0 saturated carbocycles. The van der Waals surface area contributed by atoms with Gasteiger partial charge in [-0.3, -0.25) is 11.3 Å². The molecular formula is C15H26N2S. The molecular weight excluding hydrogens is 240 g/mol. The van der Waals surface area contributed by atoms with Crippen LogP contribution in [0.5, 0.6) is 0 Å². The summed E-state index contributed by atoms with van der Waals surface area (Å²) in [5.74, 6) is 6.78. The van der Waals surface area contributed by atoms with Crippen molar-refractivity contribution in [1.29, 1.82) is 0 Å². The van der Waals surface area contributed by atoms with E-state index in [-0.39, 0.29) is 0 Å². The molecule has 0 aliphatic heterocycles. The van der Waals surface area contributed by atoms with E-state index in [4.69, 9.17) is 5.84 Å². The molecule has 0 bridgehead atoms. The van der Waals surface area contributed by atoms with Gasteiger partial charge in [-0.25, -0.2) is 0 Å². The van der Waals surface area contributed by atoms with Crippen LogP contribution >= 0.6 is 11.8 Å². The fourth-order valence-corrected chi connectivity index (χ4v) is 2.75. The highest BCUT2D eigenvalue weighted by atomic mass is 32.2. The lowest BCUT2D eigenvalue weighted by atomic mass is 10.0. The molecule has 0 aliphatic rings. The van der Waals surface area contributed by atoms with E-state index >= 15 is 0 Å². The number of thioether (sulfide) groups is 1. The van der Waals surface area contributed by atoms with E-state index in [9.17, 15) is 0 Å². The minimum absolute atomic E-state index is 0.294. The number of unbranched alkanes of at least 4 members (excludes halogenated alkanes) is 3. The Labute approximate surface area is 116 Å². The molecule has 3 N–H and O–H groups in total. The van der Waals surface area contributed by atoms with Crippen LogP contribution in [0.25, 0.3) is 0 Å². The molecule has 0 aliphatic carbocycles. The first-order chi connectivity index (χ1) is 8.81. The summed E-state index contributed by atoms with van der Waals surface area (Å²) in [6, 6.07) is 9.08. The molecule has 0 spiro atoms. The molecule has 1 aromatic carbocycles. The van der Waals surface area contributed by atoms with E-state index < -0.39 is 0 Å². The third-order valence-corrected chi connectivity index (χ3v) is 4.04. The van der Waals surface area contributed by atoms with Crippen molar-refractivity contribution in [3.05, 3.63) is 29.8 Å². The molecule has 0 heterocycles. The van der Waals surface area contributed by atoms with Crippen molar-refractivity contribution in [3.8, 4) is 0 Å². The zero-order chi connectivity index (χ0) is 13.2. The predicted molar refractivity (Wildman–Crippen MR) is 81.7 cm³/mol. The summed E-state index contributed by atoms with van der Waals surface area (Å²) in [6.07, 6.45) is 6.27. The number of hydrazine groups is 1. The monoisotopic (exact) mass is 266 g/mol. The minimum atomic E-state index is 0.294. The fraction of sp³-hybridized carbons (Fsp3) is 0.600. The van der Waals surface area contributed by atoms with Gasteiger partial charge in [0, 0.05) is 10.9 Å². The SMILES string of the molecule is CCCCCCC(NN)c1ccc(SCC)cc1. The predicted octanol–water partition coefficient (Wildman–Crippen LogP) is 4.27. The van der Waals surface area contributed by atoms with Gasteiger partial charge in [-0.05, 0) is 29.9 Å². The van der Waals surface area contributed by atoms with E-state index in [1.54, 1.807) is 0 Å². The normalized spacial score (nSPS) is 12.6. The Morgan fingerprint density at radius 2 is 1.83 bits per heavy atom. The Balaban J connectivity index is 2.48. The lowest BCUT2D eigenvalue weighted by Crippen LogP contribution is -2.27. The summed E-state index contributed by atoms with van der Waals surface area (Å²) in [4.78, 5) is 1.34. The number of hydrogen-bond donors (Lipinski definition) is 2. The largest absolute Gasteiger partial charge is 0.271 e. The fourth-order valence-electron chi connectivity index (χ4n) is 2.08. The van der Waals surface area contributed by atoms with Crippen LogP contribution in [-0.2, 0) is 0 Å². The molecule has 1 rings (SSSR count). The van der Waals surface area contributed by atoms with E-state index in [0.717, 1.165) is 12.2 Å². The number of nitrogens with two attached hydrogens (primary N) is 1. The lowest BCUT2D eigenvalue weighted by Gasteiger charge is -2.16. The van der Waals surface area contributed by atoms with Gasteiger partial charge in [-0.1, -0.05) is 51.7 Å². The van der Waals surface area contributed by atoms with Crippen LogP contribution in [-0.4, -0.2) is 5.75 Å². The van der Waals surface area contributed by atoms with Crippen molar-refractivity contribution >= 4 is 11.8 Å². The van der Waals surface area contributed by atoms with E-state index in [1.165, 1.54) is 36.1 Å². The van der Waals surface area contributed by atoms with Gasteiger partial charge in [-0.2, -0.15) is 0 Å². The zero-order valence-corrected chi connectivity index (χ0v) is 12.4. The topological polar surface area (TPSA) is 38.0 Å². The summed E-state index contributed by atoms with van der Waals surface area (Å²) >= 11 is 1.88. The maximum Gasteiger partial charge on any atom is 0.0460 e. The molecule has 0 fully saturated rings. The average Bonchev–Trinajstić information content (AvgIpc) is 2.41. The second kappa shape index (κ2) is 9.42. The highest BCUT2D eigenvalue weighted by Crippen LogP contribution is 2.23. The van der Waals surface area contributed by atoms with Gasteiger partial charge in [0.15, 0.2) is 0 Å². The van der Waals surface area contributed by atoms with Crippen LogP contribution in [0, 0.1) is 0 Å². The quantitative estimate of drug-likeness (QED) is 0.303. The Morgan fingerprint density at radius 3 is 2.39 bits per heavy atom. The van der Waals surface area contributed by atoms with Crippen LogP contribution in [0.15, 0.2) is 29.2 Å². The Hall–Kier alpha value is -0.510. The molecule has 1 atom stereocenters. The first-order valence-corrected chi connectivity index (χ1v) is 7.99. The summed E-state index contributed by atoms with van der Waals surface area (Å²) in [5, 5.41) is 0. The van der Waals surface area contributed by atoms with Crippen molar-refractivity contribution in [3.63, 3.8) is 0 Å². The number of rotatable bonds is 9. The van der Waals surface area contributed by atoms with Crippen LogP contribution < -0.4 is 11.3 Å². The van der Waals surface area contributed by atoms with E-state index in [2.05, 4.69) is 43.5 Å². The van der Waals surface area contributed by atoms with Crippen molar-refractivity contribution in [1.82, 2.24) is 5.43 Å². The molecule has 0 aromatic heterocycles. The van der Waals surface area contributed by atoms with Crippen molar-refractivity contribution in [2.45, 2.75) is 56.9 Å². The summed E-state index contributed by atoms with van der Waals surface area (Å²) in [6.45, 7) is 4.42. The third kappa shape index (κ3) is 5.42. The van der Waals surface area contributed by atoms with Crippen LogP contribution in [0.2, 0.25) is 0 Å². The Kier molecular flexibility index (Phi) is 8.14. The summed E-state index contributed by atoms with van der Waals surface area (Å²) in [7, 11) is 0. The average molecular weight is 266 g/mol. The molecule has 0 radical (unpaired) electrons. The van der Waals surface area contributed by atoms with E-state index in [1.807, 2.05) is 11.8 Å². The standard InChI is InChI=1S/C15H26N2S/c1-3-5-6-7-8-15(17-16)13-9-11-14(12-10-13)18-4-2/h9-12,15,17H,3-8,16H2,1-2H3. The summed E-state index contributed by atoms with van der Waals surface area (Å²) in [5.41, 5.74) is 4.24. The molecule has 102 valence electrons. The minimum Gasteiger partial charge on any atom is -0.271 e. The molecule has 2 nitrogen and oxygen atoms in total. The Bertz CT molecular complexity index is 311. The van der Waals surface area contributed by atoms with Gasteiger partial charge in [0.25, 0.3) is 0 Å². The molecule has 3 heteroatoms. The first kappa shape index (κ1) is 15.5. The zero-order valence-electron chi connectivity index (χ0n) is 11.6. The van der Waals surface area contributed by atoms with Gasteiger partial charge in [0.1, 0.15) is 0 Å². The van der Waals surface area contributed by atoms with Gasteiger partial charge in [0.05, 0.1) is 0 Å². The van der Waals surface area contributed by atoms with Crippen molar-refractivity contribution < 1.29 is 0 Å². The number of nitrogens with one attached hydrogen (secondary N) is 1. The van der Waals surface area contributed by atoms with E-state index in [0.29, 0.717) is 6.04 Å². The number of benzene rings is 1. The second-order valence-corrected chi connectivity index (χ2v) is 5.91. The molecule has 1 unspecified atom stereocenters. The van der Waals surface area contributed by atoms with Gasteiger partial charge in [-0.15, -0.1) is 11.8 Å². The van der Waals surface area contributed by atoms with Crippen LogP contribution in [0.4, 0.5) is 0 Å². The van der Waals surface area contributed by atoms with Gasteiger partial charge < -0.3 is 0 Å². The maximum absolute atomic E-state index is 5.66.